The first-order valence-corrected chi connectivity index (χ1v) is 7.00. The lowest BCUT2D eigenvalue weighted by Crippen LogP contribution is -2.23. The van der Waals surface area contributed by atoms with Gasteiger partial charge in [0.2, 0.25) is 0 Å². The average molecular weight is 410 g/mol. The SMILES string of the molecule is O=c1ccc2ccc(OC[C@H](COOI)OP)cc2o1. The molecule has 0 radical (unpaired) electrons. The van der Waals surface area contributed by atoms with Crippen molar-refractivity contribution >= 4 is 43.4 Å². The van der Waals surface area contributed by atoms with Gasteiger partial charge < -0.3 is 13.7 Å². The Labute approximate surface area is 131 Å². The van der Waals surface area contributed by atoms with Gasteiger partial charge in [-0.3, -0.25) is 0 Å². The van der Waals surface area contributed by atoms with Crippen LogP contribution in [-0.2, 0) is 12.6 Å². The molecule has 108 valence electrons. The second kappa shape index (κ2) is 7.90. The van der Waals surface area contributed by atoms with Crippen LogP contribution in [0.5, 0.6) is 5.75 Å². The molecule has 6 nitrogen and oxygen atoms in total. The molecule has 1 unspecified atom stereocenters. The fourth-order valence-electron chi connectivity index (χ4n) is 1.55. The van der Waals surface area contributed by atoms with Gasteiger partial charge in [0.25, 0.3) is 0 Å². The highest BCUT2D eigenvalue weighted by Gasteiger charge is 2.10. The molecule has 0 bridgehead atoms. The lowest BCUT2D eigenvalue weighted by Gasteiger charge is -2.14. The number of halogens is 1. The Morgan fingerprint density at radius 1 is 1.25 bits per heavy atom. The third-order valence-electron chi connectivity index (χ3n) is 2.52. The molecule has 2 atom stereocenters. The first-order valence-electron chi connectivity index (χ1n) is 5.65. The smallest absolute Gasteiger partial charge is 0.336 e. The second-order valence-corrected chi connectivity index (χ2v) is 4.50. The Morgan fingerprint density at radius 2 is 2.05 bits per heavy atom. The summed E-state index contributed by atoms with van der Waals surface area (Å²) in [5.41, 5.74) is 0.0820. The van der Waals surface area contributed by atoms with Crippen molar-refractivity contribution in [1.82, 2.24) is 0 Å². The Morgan fingerprint density at radius 3 is 2.80 bits per heavy atom. The van der Waals surface area contributed by atoms with Crippen molar-refractivity contribution in [3.8, 4) is 5.75 Å². The highest BCUT2D eigenvalue weighted by Crippen LogP contribution is 2.20. The monoisotopic (exact) mass is 410 g/mol. The quantitative estimate of drug-likeness (QED) is 0.230. The lowest BCUT2D eigenvalue weighted by molar-refractivity contribution is -0.185. The van der Waals surface area contributed by atoms with Gasteiger partial charge in [-0.15, -0.1) is 0 Å². The summed E-state index contributed by atoms with van der Waals surface area (Å²) in [7, 11) is 2.15. The molecule has 1 heterocycles. The molecular weight excluding hydrogens is 398 g/mol. The molecule has 8 heteroatoms. The van der Waals surface area contributed by atoms with Gasteiger partial charge >= 0.3 is 5.63 Å². The van der Waals surface area contributed by atoms with Gasteiger partial charge in [-0.05, 0) is 18.2 Å². The minimum atomic E-state index is -0.395. The molecule has 2 rings (SSSR count). The molecule has 0 saturated carbocycles. The van der Waals surface area contributed by atoms with Crippen molar-refractivity contribution in [3.63, 3.8) is 0 Å². The number of ether oxygens (including phenoxy) is 1. The maximum atomic E-state index is 11.2. The van der Waals surface area contributed by atoms with E-state index in [-0.39, 0.29) is 19.3 Å². The Kier molecular flexibility index (Phi) is 6.18. The summed E-state index contributed by atoms with van der Waals surface area (Å²) < 4.78 is 20.2. The number of hydrogen-bond donors (Lipinski definition) is 0. The van der Waals surface area contributed by atoms with E-state index in [2.05, 4.69) is 12.7 Å². The van der Waals surface area contributed by atoms with Crippen LogP contribution in [0.4, 0.5) is 0 Å². The van der Waals surface area contributed by atoms with Crippen LogP contribution in [0.15, 0.2) is 39.5 Å². The zero-order valence-electron chi connectivity index (χ0n) is 10.3. The van der Waals surface area contributed by atoms with E-state index in [1.165, 1.54) is 6.07 Å². The van der Waals surface area contributed by atoms with E-state index in [4.69, 9.17) is 18.6 Å². The van der Waals surface area contributed by atoms with Gasteiger partial charge in [-0.25, -0.2) is 9.68 Å². The Balaban J connectivity index is 2.03. The molecule has 2 aromatic rings. The molecule has 0 saturated heterocycles. The van der Waals surface area contributed by atoms with Crippen molar-refractivity contribution in [1.29, 1.82) is 0 Å². The number of benzene rings is 1. The molecule has 1 aromatic carbocycles. The Bertz CT molecular complexity index is 616. The van der Waals surface area contributed by atoms with Crippen molar-refractivity contribution in [2.24, 2.45) is 0 Å². The molecule has 0 aliphatic carbocycles. The molecule has 0 N–H and O–H groups in total. The van der Waals surface area contributed by atoms with Gasteiger partial charge in [0.15, 0.2) is 23.0 Å². The van der Waals surface area contributed by atoms with E-state index in [1.54, 1.807) is 41.2 Å². The summed E-state index contributed by atoms with van der Waals surface area (Å²) >= 11 is 1.62. The molecule has 1 aromatic heterocycles. The second-order valence-electron chi connectivity index (χ2n) is 3.87. The zero-order valence-corrected chi connectivity index (χ0v) is 13.6. The summed E-state index contributed by atoms with van der Waals surface area (Å²) in [4.78, 5) is 15.9. The minimum absolute atomic E-state index is 0.231. The third-order valence-corrected chi connectivity index (χ3v) is 3.16. The highest BCUT2D eigenvalue weighted by molar-refractivity contribution is 14.1. The van der Waals surface area contributed by atoms with Gasteiger partial charge in [0.05, 0.1) is 0 Å². The van der Waals surface area contributed by atoms with Crippen LogP contribution in [0, 0.1) is 0 Å². The summed E-state index contributed by atoms with van der Waals surface area (Å²) in [6.07, 6.45) is -0.298. The fraction of sp³-hybridized carbons (Fsp3) is 0.250. The van der Waals surface area contributed by atoms with Crippen LogP contribution in [0.1, 0.15) is 0 Å². The van der Waals surface area contributed by atoms with Crippen molar-refractivity contribution in [2.45, 2.75) is 6.10 Å². The van der Waals surface area contributed by atoms with Gasteiger partial charge in [0.1, 0.15) is 30.7 Å². The molecule has 20 heavy (non-hydrogen) atoms. The first kappa shape index (κ1) is 15.7. The van der Waals surface area contributed by atoms with Crippen LogP contribution in [0.3, 0.4) is 0 Å². The lowest BCUT2D eigenvalue weighted by atomic mass is 10.2. The zero-order chi connectivity index (χ0) is 14.4. The summed E-state index contributed by atoms with van der Waals surface area (Å²) in [6.45, 7) is 0.501. The van der Waals surface area contributed by atoms with E-state index in [9.17, 15) is 4.79 Å². The summed E-state index contributed by atoms with van der Waals surface area (Å²) in [5.74, 6) is 0.578. The number of fused-ring (bicyclic) bond motifs is 1. The van der Waals surface area contributed by atoms with Gasteiger partial charge in [0, 0.05) is 27.0 Å². The normalized spacial score (nSPS) is 12.5. The van der Waals surface area contributed by atoms with E-state index < -0.39 is 5.63 Å². The molecule has 0 amide bonds. The summed E-state index contributed by atoms with van der Waals surface area (Å²) in [5, 5.41) is 0.831. The topological polar surface area (TPSA) is 67.1 Å². The largest absolute Gasteiger partial charge is 0.491 e. The van der Waals surface area contributed by atoms with Gasteiger partial charge in [-0.2, -0.15) is 3.22 Å². The van der Waals surface area contributed by atoms with Crippen molar-refractivity contribution in [3.05, 3.63) is 40.8 Å². The van der Waals surface area contributed by atoms with Crippen molar-refractivity contribution < 1.29 is 21.8 Å². The first-order chi connectivity index (χ1) is 9.72. The maximum Gasteiger partial charge on any atom is 0.336 e. The number of rotatable bonds is 7. The standard InChI is InChI=1S/C12H12IO6P/c13-19-16-7-10(18-20)6-15-9-3-1-8-2-4-12(14)17-11(8)5-9/h1-5,10H,6-7,20H2/t10-/m1/s1. The maximum absolute atomic E-state index is 11.2. The van der Waals surface area contributed by atoms with E-state index in [1.807, 2.05) is 6.07 Å². The highest BCUT2D eigenvalue weighted by atomic mass is 127. The van der Waals surface area contributed by atoms with Crippen LogP contribution in [0.2, 0.25) is 0 Å². The summed E-state index contributed by atoms with van der Waals surface area (Å²) in [6, 6.07) is 8.34. The molecule has 0 fully saturated rings. The molecular formula is C12H12IO6P. The predicted molar refractivity (Wildman–Crippen MR) is 83.6 cm³/mol. The van der Waals surface area contributed by atoms with Crippen molar-refractivity contribution in [2.75, 3.05) is 13.2 Å². The van der Waals surface area contributed by atoms with Gasteiger partial charge in [-0.1, -0.05) is 0 Å². The Hall–Kier alpha value is -0.730. The average Bonchev–Trinajstić information content (AvgIpc) is 2.47. The van der Waals surface area contributed by atoms with Crippen LogP contribution < -0.4 is 10.4 Å². The van der Waals surface area contributed by atoms with E-state index in [0.29, 0.717) is 11.3 Å². The minimum Gasteiger partial charge on any atom is -0.491 e. The molecule has 0 spiro atoms. The molecule has 0 aliphatic heterocycles. The van der Waals surface area contributed by atoms with Crippen LogP contribution in [0.25, 0.3) is 11.0 Å². The number of hydrogen-bond acceptors (Lipinski definition) is 6. The van der Waals surface area contributed by atoms with E-state index >= 15 is 0 Å². The fourth-order valence-corrected chi connectivity index (χ4v) is 1.85. The molecule has 0 aliphatic rings. The predicted octanol–water partition coefficient (Wildman–Crippen LogP) is 2.65. The third kappa shape index (κ3) is 4.39. The van der Waals surface area contributed by atoms with E-state index in [0.717, 1.165) is 5.39 Å². The van der Waals surface area contributed by atoms with Crippen LogP contribution in [-0.4, -0.2) is 19.3 Å². The van der Waals surface area contributed by atoms with Crippen LogP contribution >= 0.6 is 32.5 Å².